The smallest absolute Gasteiger partial charge is 0.362 e. The lowest BCUT2D eigenvalue weighted by atomic mass is 10.1. The molecule has 0 saturated carbocycles. The largest absolute Gasteiger partial charge is 0.417 e. The molecule has 0 aromatic heterocycles. The van der Waals surface area contributed by atoms with Gasteiger partial charge in [0.05, 0.1) is 12.1 Å². The summed E-state index contributed by atoms with van der Waals surface area (Å²) in [5.74, 6) is -0.218. The Morgan fingerprint density at radius 3 is 2.33 bits per heavy atom. The first kappa shape index (κ1) is 17.0. The van der Waals surface area contributed by atoms with E-state index in [0.717, 1.165) is 12.1 Å². The van der Waals surface area contributed by atoms with Gasteiger partial charge in [-0.15, -0.1) is 0 Å². The summed E-state index contributed by atoms with van der Waals surface area (Å²) in [6.07, 6.45) is -4.44. The first-order chi connectivity index (χ1) is 9.70. The van der Waals surface area contributed by atoms with Crippen molar-refractivity contribution < 1.29 is 22.8 Å². The molecule has 1 rings (SSSR count). The quantitative estimate of drug-likeness (QED) is 0.784. The molecule has 1 aromatic carbocycles. The zero-order valence-electron chi connectivity index (χ0n) is 12.1. The highest BCUT2D eigenvalue weighted by molar-refractivity contribution is 5.82. The Balaban J connectivity index is 3.17. The van der Waals surface area contributed by atoms with E-state index in [0.29, 0.717) is 6.54 Å². The second-order valence-electron chi connectivity index (χ2n) is 4.69. The molecule has 21 heavy (non-hydrogen) atoms. The Hall–Kier alpha value is -2.05. The van der Waals surface area contributed by atoms with Gasteiger partial charge in [0.1, 0.15) is 0 Å². The molecular formula is C14H17F3N2O2. The number of rotatable bonds is 5. The van der Waals surface area contributed by atoms with Crippen LogP contribution in [0, 0.1) is 0 Å². The van der Waals surface area contributed by atoms with Crippen LogP contribution in [-0.2, 0) is 11.0 Å². The number of hydrogen-bond acceptors (Lipinski definition) is 3. The molecule has 1 aromatic rings. The number of likely N-dealkylation sites (N-methyl/N-ethyl adjacent to an activating group) is 2. The number of aldehydes is 1. The maximum Gasteiger partial charge on any atom is 0.417 e. The standard InChI is InChI=1S/C14H17F3N2O2/c1-4-19(8-13(21)18(2)3)11-6-5-10(9-20)12(7-11)14(15,16)17/h5-7,9H,4,8H2,1-3H3. The minimum Gasteiger partial charge on any atom is -0.362 e. The van der Waals surface area contributed by atoms with Crippen molar-refractivity contribution in [2.24, 2.45) is 0 Å². The summed E-state index contributed by atoms with van der Waals surface area (Å²) in [6.45, 7) is 2.09. The molecule has 7 heteroatoms. The number of alkyl halides is 3. The third kappa shape index (κ3) is 4.21. The van der Waals surface area contributed by atoms with Crippen LogP contribution in [0.5, 0.6) is 0 Å². The summed E-state index contributed by atoms with van der Waals surface area (Å²) in [4.78, 5) is 25.3. The average Bonchev–Trinajstić information content (AvgIpc) is 2.42. The number of amides is 1. The molecule has 1 amide bonds. The van der Waals surface area contributed by atoms with Gasteiger partial charge < -0.3 is 9.80 Å². The van der Waals surface area contributed by atoms with Gasteiger partial charge in [0.15, 0.2) is 6.29 Å². The third-order valence-corrected chi connectivity index (χ3v) is 3.04. The molecule has 0 atom stereocenters. The molecule has 0 spiro atoms. The lowest BCUT2D eigenvalue weighted by Gasteiger charge is -2.25. The number of nitrogens with zero attached hydrogens (tertiary/aromatic N) is 2. The molecule has 0 unspecified atom stereocenters. The first-order valence-corrected chi connectivity index (χ1v) is 6.32. The summed E-state index contributed by atoms with van der Waals surface area (Å²) in [5.41, 5.74) is -1.15. The molecule has 0 radical (unpaired) electrons. The number of carbonyl (C=O) groups excluding carboxylic acids is 2. The van der Waals surface area contributed by atoms with Crippen molar-refractivity contribution in [1.82, 2.24) is 4.90 Å². The third-order valence-electron chi connectivity index (χ3n) is 3.04. The highest BCUT2D eigenvalue weighted by Crippen LogP contribution is 2.34. The van der Waals surface area contributed by atoms with E-state index in [-0.39, 0.29) is 24.4 Å². The van der Waals surface area contributed by atoms with Crippen LogP contribution in [-0.4, -0.2) is 44.3 Å². The van der Waals surface area contributed by atoms with Crippen LogP contribution < -0.4 is 4.90 Å². The van der Waals surface area contributed by atoms with Gasteiger partial charge in [-0.2, -0.15) is 13.2 Å². The molecule has 0 saturated heterocycles. The Kier molecular flexibility index (Phi) is 5.34. The molecule has 0 aliphatic rings. The van der Waals surface area contributed by atoms with E-state index in [2.05, 4.69) is 0 Å². The van der Waals surface area contributed by atoms with Gasteiger partial charge in [-0.05, 0) is 25.1 Å². The van der Waals surface area contributed by atoms with Crippen LogP contribution in [0.15, 0.2) is 18.2 Å². The number of halogens is 3. The molecule has 0 aliphatic heterocycles. The molecule has 4 nitrogen and oxygen atoms in total. The monoisotopic (exact) mass is 302 g/mol. The summed E-state index contributed by atoms with van der Waals surface area (Å²) < 4.78 is 38.8. The molecule has 0 N–H and O–H groups in total. The normalized spacial score (nSPS) is 11.1. The fourth-order valence-corrected chi connectivity index (χ4v) is 1.78. The summed E-state index contributed by atoms with van der Waals surface area (Å²) >= 11 is 0. The predicted octanol–water partition coefficient (Wildman–Crippen LogP) is 2.43. The Morgan fingerprint density at radius 1 is 1.29 bits per heavy atom. The van der Waals surface area contributed by atoms with Crippen LogP contribution in [0.3, 0.4) is 0 Å². The van der Waals surface area contributed by atoms with Crippen molar-refractivity contribution in [3.8, 4) is 0 Å². The number of carbonyl (C=O) groups is 2. The Morgan fingerprint density at radius 2 is 1.90 bits per heavy atom. The topological polar surface area (TPSA) is 40.6 Å². The summed E-state index contributed by atoms with van der Waals surface area (Å²) in [5, 5.41) is 0. The van der Waals surface area contributed by atoms with Crippen LogP contribution in [0.2, 0.25) is 0 Å². The lowest BCUT2D eigenvalue weighted by molar-refractivity contribution is -0.137. The number of benzene rings is 1. The first-order valence-electron chi connectivity index (χ1n) is 6.32. The van der Waals surface area contributed by atoms with Gasteiger partial charge >= 0.3 is 6.18 Å². The van der Waals surface area contributed by atoms with E-state index in [1.54, 1.807) is 21.0 Å². The molecule has 0 aliphatic carbocycles. The zero-order chi connectivity index (χ0) is 16.2. The van der Waals surface area contributed by atoms with Gasteiger partial charge in [-0.1, -0.05) is 0 Å². The van der Waals surface area contributed by atoms with E-state index in [1.807, 2.05) is 0 Å². The predicted molar refractivity (Wildman–Crippen MR) is 73.4 cm³/mol. The highest BCUT2D eigenvalue weighted by Gasteiger charge is 2.34. The van der Waals surface area contributed by atoms with E-state index in [9.17, 15) is 22.8 Å². The lowest BCUT2D eigenvalue weighted by Crippen LogP contribution is -2.36. The van der Waals surface area contributed by atoms with E-state index in [4.69, 9.17) is 0 Å². The second-order valence-corrected chi connectivity index (χ2v) is 4.69. The van der Waals surface area contributed by atoms with Crippen molar-refractivity contribution >= 4 is 17.9 Å². The molecule has 0 bridgehead atoms. The van der Waals surface area contributed by atoms with E-state index < -0.39 is 17.3 Å². The van der Waals surface area contributed by atoms with Crippen LogP contribution in [0.25, 0.3) is 0 Å². The van der Waals surface area contributed by atoms with Gasteiger partial charge in [0.25, 0.3) is 0 Å². The fraction of sp³-hybridized carbons (Fsp3) is 0.429. The SMILES string of the molecule is CCN(CC(=O)N(C)C)c1ccc(C=O)c(C(F)(F)F)c1. The van der Waals surface area contributed by atoms with Gasteiger partial charge in [0, 0.05) is 31.9 Å². The minimum atomic E-state index is -4.61. The average molecular weight is 302 g/mol. The zero-order valence-corrected chi connectivity index (χ0v) is 12.1. The van der Waals surface area contributed by atoms with Crippen molar-refractivity contribution in [3.05, 3.63) is 29.3 Å². The molecular weight excluding hydrogens is 285 g/mol. The minimum absolute atomic E-state index is 0.0266. The van der Waals surface area contributed by atoms with Crippen molar-refractivity contribution in [2.75, 3.05) is 32.1 Å². The Labute approximate surface area is 121 Å². The maximum atomic E-state index is 12.9. The van der Waals surface area contributed by atoms with E-state index in [1.165, 1.54) is 15.9 Å². The van der Waals surface area contributed by atoms with Crippen molar-refractivity contribution in [2.45, 2.75) is 13.1 Å². The highest BCUT2D eigenvalue weighted by atomic mass is 19.4. The van der Waals surface area contributed by atoms with Crippen molar-refractivity contribution in [1.29, 1.82) is 0 Å². The second kappa shape index (κ2) is 6.60. The van der Waals surface area contributed by atoms with Gasteiger partial charge in [-0.25, -0.2) is 0 Å². The van der Waals surface area contributed by atoms with Crippen LogP contribution >= 0.6 is 0 Å². The Bertz CT molecular complexity index is 527. The maximum absolute atomic E-state index is 12.9. The van der Waals surface area contributed by atoms with Crippen molar-refractivity contribution in [3.63, 3.8) is 0 Å². The summed E-state index contributed by atoms with van der Waals surface area (Å²) in [7, 11) is 3.15. The van der Waals surface area contributed by atoms with Gasteiger partial charge in [-0.3, -0.25) is 9.59 Å². The van der Waals surface area contributed by atoms with Gasteiger partial charge in [0.2, 0.25) is 5.91 Å². The molecule has 116 valence electrons. The van der Waals surface area contributed by atoms with Crippen LogP contribution in [0.4, 0.5) is 18.9 Å². The number of anilines is 1. The molecule has 0 fully saturated rings. The summed E-state index contributed by atoms with van der Waals surface area (Å²) in [6, 6.07) is 3.43. The molecule has 0 heterocycles. The fourth-order valence-electron chi connectivity index (χ4n) is 1.78. The van der Waals surface area contributed by atoms with E-state index >= 15 is 0 Å². The van der Waals surface area contributed by atoms with Crippen LogP contribution in [0.1, 0.15) is 22.8 Å². The number of hydrogen-bond donors (Lipinski definition) is 0.